The minimum absolute atomic E-state index is 0.194. The highest BCUT2D eigenvalue weighted by Gasteiger charge is 2.07. The first-order valence-electron chi connectivity index (χ1n) is 3.47. The number of halogens is 1. The summed E-state index contributed by atoms with van der Waals surface area (Å²) in [5.41, 5.74) is 1.55. The molecular weight excluding hydrogens is 141 g/mol. The van der Waals surface area contributed by atoms with Crippen molar-refractivity contribution in [3.8, 4) is 0 Å². The number of anilines is 1. The fourth-order valence-corrected chi connectivity index (χ4v) is 1.16. The molecule has 0 saturated carbocycles. The molecule has 1 aromatic rings. The van der Waals surface area contributed by atoms with Gasteiger partial charge in [0.2, 0.25) is 0 Å². The first-order chi connectivity index (χ1) is 5.38. The van der Waals surface area contributed by atoms with Crippen LogP contribution < -0.4 is 5.32 Å². The van der Waals surface area contributed by atoms with Gasteiger partial charge in [-0.3, -0.25) is 0 Å². The Balaban J connectivity index is 2.54. The molecule has 1 aromatic carbocycles. The molecule has 0 amide bonds. The second-order valence-corrected chi connectivity index (χ2v) is 2.44. The third kappa shape index (κ3) is 1.00. The fourth-order valence-electron chi connectivity index (χ4n) is 1.16. The van der Waals surface area contributed by atoms with Crippen LogP contribution in [0.15, 0.2) is 24.4 Å². The Kier molecular flexibility index (Phi) is 1.39. The Morgan fingerprint density at radius 3 is 3.18 bits per heavy atom. The van der Waals surface area contributed by atoms with Gasteiger partial charge >= 0.3 is 0 Å². The van der Waals surface area contributed by atoms with Crippen molar-refractivity contribution in [1.29, 1.82) is 0 Å². The minimum atomic E-state index is -0.194. The van der Waals surface area contributed by atoms with E-state index in [1.54, 1.807) is 12.3 Å². The summed E-state index contributed by atoms with van der Waals surface area (Å²) in [5, 5.41) is 2.82. The highest BCUT2D eigenvalue weighted by Crippen LogP contribution is 2.22. The van der Waals surface area contributed by atoms with E-state index in [-0.39, 0.29) is 5.82 Å². The molecule has 0 aliphatic carbocycles. The molecule has 2 rings (SSSR count). The normalized spacial score (nSPS) is 13.9. The molecule has 0 aromatic heterocycles. The molecule has 1 aliphatic heterocycles. The summed E-state index contributed by atoms with van der Waals surface area (Å²) in [6, 6.07) is 5.05. The molecule has 1 aliphatic rings. The molecule has 1 nitrogen and oxygen atoms in total. The Bertz CT molecular complexity index is 304. The third-order valence-electron chi connectivity index (χ3n) is 1.71. The van der Waals surface area contributed by atoms with Crippen LogP contribution in [0, 0.1) is 11.9 Å². The van der Waals surface area contributed by atoms with Crippen LogP contribution in [0.4, 0.5) is 10.1 Å². The summed E-state index contributed by atoms with van der Waals surface area (Å²) in [7, 11) is 0. The molecule has 11 heavy (non-hydrogen) atoms. The number of benzene rings is 1. The summed E-state index contributed by atoms with van der Waals surface area (Å²) >= 11 is 0. The van der Waals surface area contributed by atoms with Gasteiger partial charge in [0.1, 0.15) is 5.82 Å². The maximum Gasteiger partial charge on any atom is 0.146 e. The van der Waals surface area contributed by atoms with Crippen molar-refractivity contribution < 1.29 is 4.39 Å². The van der Waals surface area contributed by atoms with E-state index in [0.717, 1.165) is 5.56 Å². The van der Waals surface area contributed by atoms with Crippen molar-refractivity contribution >= 4 is 5.69 Å². The minimum Gasteiger partial charge on any atom is -0.359 e. The summed E-state index contributed by atoms with van der Waals surface area (Å²) in [5.74, 6) is -0.194. The summed E-state index contributed by atoms with van der Waals surface area (Å²) in [6.45, 7) is 0. The van der Waals surface area contributed by atoms with E-state index < -0.39 is 0 Å². The number of allylic oxidation sites excluding steroid dienone is 1. The molecule has 2 heteroatoms. The molecule has 0 atom stereocenters. The summed E-state index contributed by atoms with van der Waals surface area (Å²) in [6.07, 6.45) is 5.30. The van der Waals surface area contributed by atoms with Gasteiger partial charge in [-0.1, -0.05) is 12.1 Å². The topological polar surface area (TPSA) is 12.0 Å². The van der Waals surface area contributed by atoms with Crippen LogP contribution in [0.2, 0.25) is 0 Å². The maximum atomic E-state index is 13.0. The van der Waals surface area contributed by atoms with E-state index in [0.29, 0.717) is 12.1 Å². The standard InChI is InChI=1S/C9H7FN/c10-8-5-1-3-7-4-2-6-11-9(7)8/h1,3,5-6,11H,4H2. The molecule has 1 heterocycles. The highest BCUT2D eigenvalue weighted by atomic mass is 19.1. The van der Waals surface area contributed by atoms with Crippen LogP contribution in [0.5, 0.6) is 0 Å². The van der Waals surface area contributed by atoms with Crippen LogP contribution in [0.3, 0.4) is 0 Å². The van der Waals surface area contributed by atoms with Crippen LogP contribution in [0.1, 0.15) is 5.56 Å². The second-order valence-electron chi connectivity index (χ2n) is 2.44. The predicted molar refractivity (Wildman–Crippen MR) is 41.5 cm³/mol. The lowest BCUT2D eigenvalue weighted by Crippen LogP contribution is -2.02. The average molecular weight is 148 g/mol. The Morgan fingerprint density at radius 2 is 2.36 bits per heavy atom. The SMILES string of the molecule is Fc1cccc2c1NC=[C]C2. The van der Waals surface area contributed by atoms with Crippen molar-refractivity contribution in [3.63, 3.8) is 0 Å². The molecule has 55 valence electrons. The molecule has 0 bridgehead atoms. The summed E-state index contributed by atoms with van der Waals surface area (Å²) in [4.78, 5) is 0. The summed E-state index contributed by atoms with van der Waals surface area (Å²) < 4.78 is 13.0. The molecule has 1 N–H and O–H groups in total. The number of hydrogen-bond donors (Lipinski definition) is 1. The van der Waals surface area contributed by atoms with E-state index in [1.807, 2.05) is 6.07 Å². The average Bonchev–Trinajstić information content (AvgIpc) is 2.06. The fraction of sp³-hybridized carbons (Fsp3) is 0.111. The lowest BCUT2D eigenvalue weighted by atomic mass is 10.1. The quantitative estimate of drug-likeness (QED) is 0.594. The van der Waals surface area contributed by atoms with Crippen LogP contribution in [0.25, 0.3) is 0 Å². The van der Waals surface area contributed by atoms with Crippen molar-refractivity contribution in [2.45, 2.75) is 6.42 Å². The first kappa shape index (κ1) is 6.40. The Morgan fingerprint density at radius 1 is 1.45 bits per heavy atom. The molecule has 0 spiro atoms. The van der Waals surface area contributed by atoms with Gasteiger partial charge in [-0.2, -0.15) is 0 Å². The van der Waals surface area contributed by atoms with Crippen LogP contribution in [-0.4, -0.2) is 0 Å². The maximum absolute atomic E-state index is 13.0. The van der Waals surface area contributed by atoms with E-state index in [4.69, 9.17) is 0 Å². The zero-order valence-corrected chi connectivity index (χ0v) is 5.89. The largest absolute Gasteiger partial charge is 0.359 e. The Labute approximate surface area is 64.5 Å². The number of rotatable bonds is 0. The number of para-hydroxylation sites is 1. The second kappa shape index (κ2) is 2.38. The molecule has 0 saturated heterocycles. The molecule has 0 fully saturated rings. The van der Waals surface area contributed by atoms with Gasteiger partial charge in [0.05, 0.1) is 5.69 Å². The van der Waals surface area contributed by atoms with E-state index in [9.17, 15) is 4.39 Å². The van der Waals surface area contributed by atoms with Crippen molar-refractivity contribution in [2.75, 3.05) is 5.32 Å². The van der Waals surface area contributed by atoms with Gasteiger partial charge in [-0.25, -0.2) is 4.39 Å². The monoisotopic (exact) mass is 148 g/mol. The smallest absolute Gasteiger partial charge is 0.146 e. The molecular formula is C9H7FN. The first-order valence-corrected chi connectivity index (χ1v) is 3.47. The van der Waals surface area contributed by atoms with Gasteiger partial charge in [0.25, 0.3) is 0 Å². The number of hydrogen-bond acceptors (Lipinski definition) is 1. The number of nitrogens with one attached hydrogen (secondary N) is 1. The highest BCUT2D eigenvalue weighted by molar-refractivity contribution is 5.56. The van der Waals surface area contributed by atoms with Crippen molar-refractivity contribution in [1.82, 2.24) is 0 Å². The molecule has 0 unspecified atom stereocenters. The molecule has 1 radical (unpaired) electrons. The zero-order chi connectivity index (χ0) is 7.68. The Hall–Kier alpha value is -1.31. The zero-order valence-electron chi connectivity index (χ0n) is 5.89. The van der Waals surface area contributed by atoms with Gasteiger partial charge in [0.15, 0.2) is 0 Å². The van der Waals surface area contributed by atoms with Gasteiger partial charge in [0, 0.05) is 12.6 Å². The lowest BCUT2D eigenvalue weighted by molar-refractivity contribution is 0.629. The van der Waals surface area contributed by atoms with Crippen LogP contribution in [-0.2, 0) is 6.42 Å². The van der Waals surface area contributed by atoms with E-state index in [2.05, 4.69) is 11.4 Å². The number of fused-ring (bicyclic) bond motifs is 1. The van der Waals surface area contributed by atoms with E-state index >= 15 is 0 Å². The van der Waals surface area contributed by atoms with E-state index in [1.165, 1.54) is 6.07 Å². The van der Waals surface area contributed by atoms with Crippen molar-refractivity contribution in [3.05, 3.63) is 41.9 Å². The third-order valence-corrected chi connectivity index (χ3v) is 1.71. The van der Waals surface area contributed by atoms with Gasteiger partial charge in [-0.05, 0) is 17.7 Å². The van der Waals surface area contributed by atoms with Gasteiger partial charge < -0.3 is 5.32 Å². The predicted octanol–water partition coefficient (Wildman–Crippen LogP) is 2.11. The lowest BCUT2D eigenvalue weighted by Gasteiger charge is -2.11. The van der Waals surface area contributed by atoms with Gasteiger partial charge in [-0.15, -0.1) is 0 Å². The van der Waals surface area contributed by atoms with Crippen LogP contribution >= 0.6 is 0 Å². The van der Waals surface area contributed by atoms with Crippen molar-refractivity contribution in [2.24, 2.45) is 0 Å².